The molecule has 1 saturated carbocycles. The minimum atomic E-state index is -1.29. The van der Waals surface area contributed by atoms with Crippen LogP contribution in [0.4, 0.5) is 0 Å². The Labute approximate surface area is 277 Å². The number of hydrogen-bond acceptors (Lipinski definition) is 6. The van der Waals surface area contributed by atoms with Gasteiger partial charge in [-0.05, 0) is 36.0 Å². The van der Waals surface area contributed by atoms with Gasteiger partial charge in [-0.15, -0.1) is 0 Å². The van der Waals surface area contributed by atoms with E-state index in [0.717, 1.165) is 0 Å². The average molecular weight is 658 g/mol. The summed E-state index contributed by atoms with van der Waals surface area (Å²) < 4.78 is 0. The Bertz CT molecular complexity index is 1390. The lowest BCUT2D eigenvalue weighted by Crippen LogP contribution is -2.52. The van der Waals surface area contributed by atoms with Gasteiger partial charge in [0.15, 0.2) is 0 Å². The molecule has 3 aromatic rings. The van der Waals surface area contributed by atoms with Gasteiger partial charge in [-0.1, -0.05) is 91.0 Å². The van der Waals surface area contributed by atoms with Crippen molar-refractivity contribution >= 4 is 35.6 Å². The summed E-state index contributed by atoms with van der Waals surface area (Å²) in [5.41, 5.74) is 2.04. The fourth-order valence-electron chi connectivity index (χ4n) is 5.98. The predicted molar refractivity (Wildman–Crippen MR) is 173 cm³/mol. The van der Waals surface area contributed by atoms with E-state index in [2.05, 4.69) is 16.0 Å². The van der Waals surface area contributed by atoms with Crippen molar-refractivity contribution in [2.24, 2.45) is 17.8 Å². The maximum Gasteiger partial charge on any atom is 0.326 e. The van der Waals surface area contributed by atoms with E-state index in [1.54, 1.807) is 91.0 Å². The predicted octanol–water partition coefficient (Wildman–Crippen LogP) is 2.46. The van der Waals surface area contributed by atoms with E-state index in [0.29, 0.717) is 16.7 Å². The summed E-state index contributed by atoms with van der Waals surface area (Å²) in [4.78, 5) is 76.9. The van der Waals surface area contributed by atoms with Crippen molar-refractivity contribution < 1.29 is 44.1 Å². The van der Waals surface area contributed by atoms with Crippen molar-refractivity contribution in [1.82, 2.24) is 16.0 Å². The number of carboxylic acid groups (broad SMARTS) is 3. The van der Waals surface area contributed by atoms with Crippen molar-refractivity contribution in [3.63, 3.8) is 0 Å². The van der Waals surface area contributed by atoms with Gasteiger partial charge in [-0.3, -0.25) is 14.4 Å². The molecule has 0 aliphatic heterocycles. The maximum atomic E-state index is 13.6. The van der Waals surface area contributed by atoms with E-state index in [4.69, 9.17) is 0 Å². The molecule has 4 rings (SSSR count). The van der Waals surface area contributed by atoms with Gasteiger partial charge in [-0.25, -0.2) is 14.4 Å². The molecule has 3 atom stereocenters. The summed E-state index contributed by atoms with van der Waals surface area (Å²) in [5, 5.41) is 37.2. The Balaban J connectivity index is 1.53. The number of nitrogens with one attached hydrogen (secondary N) is 3. The van der Waals surface area contributed by atoms with Crippen LogP contribution in [0.5, 0.6) is 0 Å². The first-order valence-electron chi connectivity index (χ1n) is 15.7. The largest absolute Gasteiger partial charge is 0.480 e. The summed E-state index contributed by atoms with van der Waals surface area (Å²) in [6, 6.07) is 22.3. The monoisotopic (exact) mass is 657 g/mol. The van der Waals surface area contributed by atoms with Crippen molar-refractivity contribution in [3.8, 4) is 0 Å². The SMILES string of the molecule is O=C(NC(Cc1ccccc1)C(=O)O)C1CC(C(=O)NC(Cc2ccccc2)C(=O)O)CC(C(=O)NC(Cc2ccccc2)C(=O)O)C1. The van der Waals surface area contributed by atoms with Crippen LogP contribution in [0.15, 0.2) is 91.0 Å². The van der Waals surface area contributed by atoms with Crippen LogP contribution in [0.3, 0.4) is 0 Å². The quantitative estimate of drug-likeness (QED) is 0.142. The Morgan fingerprint density at radius 3 is 0.896 bits per heavy atom. The molecule has 48 heavy (non-hydrogen) atoms. The minimum absolute atomic E-state index is 0.00200. The van der Waals surface area contributed by atoms with Gasteiger partial charge < -0.3 is 31.3 Å². The summed E-state index contributed by atoms with van der Waals surface area (Å²) in [6.07, 6.45) is -0.193. The highest BCUT2D eigenvalue weighted by Gasteiger charge is 2.41. The van der Waals surface area contributed by atoms with E-state index in [-0.39, 0.29) is 38.5 Å². The molecule has 1 aliphatic carbocycles. The molecule has 6 N–H and O–H groups in total. The number of carbonyl (C=O) groups is 6. The first-order chi connectivity index (χ1) is 23.0. The van der Waals surface area contributed by atoms with Gasteiger partial charge in [-0.2, -0.15) is 0 Å². The zero-order valence-corrected chi connectivity index (χ0v) is 26.2. The molecule has 1 fully saturated rings. The van der Waals surface area contributed by atoms with Gasteiger partial charge in [0.25, 0.3) is 0 Å². The molecule has 0 spiro atoms. The number of carboxylic acids is 3. The fourth-order valence-corrected chi connectivity index (χ4v) is 5.98. The smallest absolute Gasteiger partial charge is 0.326 e. The van der Waals surface area contributed by atoms with E-state index >= 15 is 0 Å². The summed E-state index contributed by atoms with van der Waals surface area (Å²) >= 11 is 0. The normalized spacial score (nSPS) is 19.1. The topological polar surface area (TPSA) is 199 Å². The maximum absolute atomic E-state index is 13.6. The number of rotatable bonds is 15. The number of aliphatic carboxylic acids is 3. The number of hydrogen-bond donors (Lipinski definition) is 6. The van der Waals surface area contributed by atoms with Crippen molar-refractivity contribution in [2.45, 2.75) is 56.7 Å². The zero-order chi connectivity index (χ0) is 34.6. The standard InChI is InChI=1S/C36H39N3O9/c40-31(37-28(34(43)44)16-22-10-4-1-5-11-22)25-19-26(32(41)38-29(35(45)46)17-23-12-6-2-7-13-23)21-27(20-25)33(42)39-30(36(47)48)18-24-14-8-3-9-15-24/h1-15,25-30H,16-21H2,(H,37,40)(H,38,41)(H,39,42)(H,43,44)(H,45,46)(H,47,48). The summed E-state index contributed by atoms with van der Waals surface area (Å²) in [7, 11) is 0. The molecule has 0 aromatic heterocycles. The molecule has 252 valence electrons. The molecule has 1 aliphatic rings. The van der Waals surface area contributed by atoms with Gasteiger partial charge in [0.1, 0.15) is 18.1 Å². The van der Waals surface area contributed by atoms with Gasteiger partial charge >= 0.3 is 17.9 Å². The molecular weight excluding hydrogens is 618 g/mol. The molecule has 12 nitrogen and oxygen atoms in total. The molecule has 0 saturated heterocycles. The van der Waals surface area contributed by atoms with Crippen molar-refractivity contribution in [1.29, 1.82) is 0 Å². The second-order valence-corrected chi connectivity index (χ2v) is 12.1. The van der Waals surface area contributed by atoms with Crippen LogP contribution in [-0.2, 0) is 48.0 Å². The van der Waals surface area contributed by atoms with E-state index in [9.17, 15) is 44.1 Å². The van der Waals surface area contributed by atoms with E-state index in [1.807, 2.05) is 0 Å². The second kappa shape index (κ2) is 16.9. The van der Waals surface area contributed by atoms with Crippen LogP contribution in [0.25, 0.3) is 0 Å². The Morgan fingerprint density at radius 2 is 0.688 bits per heavy atom. The average Bonchev–Trinajstić information content (AvgIpc) is 3.08. The fraction of sp³-hybridized carbons (Fsp3) is 0.333. The lowest BCUT2D eigenvalue weighted by Gasteiger charge is -2.34. The highest BCUT2D eigenvalue weighted by molar-refractivity contribution is 5.90. The summed E-state index contributed by atoms with van der Waals surface area (Å²) in [6.45, 7) is 0. The molecule has 0 heterocycles. The van der Waals surface area contributed by atoms with Crippen molar-refractivity contribution in [2.75, 3.05) is 0 Å². The molecule has 3 aromatic carbocycles. The van der Waals surface area contributed by atoms with Gasteiger partial charge in [0, 0.05) is 37.0 Å². The van der Waals surface area contributed by atoms with E-state index < -0.39 is 71.5 Å². The highest BCUT2D eigenvalue weighted by Crippen LogP contribution is 2.34. The van der Waals surface area contributed by atoms with Gasteiger partial charge in [0.2, 0.25) is 17.7 Å². The van der Waals surface area contributed by atoms with Crippen LogP contribution in [-0.4, -0.2) is 69.1 Å². The first-order valence-corrected chi connectivity index (χ1v) is 15.7. The Morgan fingerprint density at radius 1 is 0.458 bits per heavy atom. The molecule has 0 bridgehead atoms. The molecule has 0 radical (unpaired) electrons. The van der Waals surface area contributed by atoms with Crippen LogP contribution < -0.4 is 16.0 Å². The van der Waals surface area contributed by atoms with Crippen LogP contribution in [0.2, 0.25) is 0 Å². The first kappa shape index (κ1) is 35.3. The van der Waals surface area contributed by atoms with Crippen LogP contribution in [0.1, 0.15) is 36.0 Å². The third-order valence-corrected chi connectivity index (χ3v) is 8.51. The van der Waals surface area contributed by atoms with Crippen molar-refractivity contribution in [3.05, 3.63) is 108 Å². The molecule has 3 amide bonds. The third-order valence-electron chi connectivity index (χ3n) is 8.51. The number of amides is 3. The number of carbonyl (C=O) groups excluding carboxylic acids is 3. The highest BCUT2D eigenvalue weighted by atomic mass is 16.4. The van der Waals surface area contributed by atoms with Gasteiger partial charge in [0.05, 0.1) is 0 Å². The second-order valence-electron chi connectivity index (χ2n) is 12.1. The van der Waals surface area contributed by atoms with Crippen LogP contribution in [0, 0.1) is 17.8 Å². The number of benzene rings is 3. The lowest BCUT2D eigenvalue weighted by molar-refractivity contribution is -0.146. The van der Waals surface area contributed by atoms with E-state index in [1.165, 1.54) is 0 Å². The summed E-state index contributed by atoms with van der Waals surface area (Å²) in [5.74, 6) is -8.77. The Hall–Kier alpha value is -5.52. The molecular formula is C36H39N3O9. The van der Waals surface area contributed by atoms with Crippen LogP contribution >= 0.6 is 0 Å². The third kappa shape index (κ3) is 10.2. The zero-order valence-electron chi connectivity index (χ0n) is 26.2. The molecule has 12 heteroatoms. The lowest BCUT2D eigenvalue weighted by atomic mass is 9.73. The minimum Gasteiger partial charge on any atom is -0.480 e. The molecule has 3 unspecified atom stereocenters. The Kier molecular flexibility index (Phi) is 12.4.